The smallest absolute Gasteiger partial charge is 0.275 e. The van der Waals surface area contributed by atoms with Crippen molar-refractivity contribution in [3.05, 3.63) is 88.0 Å². The van der Waals surface area contributed by atoms with E-state index in [1.807, 2.05) is 30.5 Å². The molecule has 0 fully saturated rings. The number of hydrogen-bond donors (Lipinski definition) is 2. The number of hydrogen-bond acceptors (Lipinski definition) is 10. The van der Waals surface area contributed by atoms with Gasteiger partial charge in [-0.2, -0.15) is 0 Å². The number of fused-ring (bicyclic) bond motifs is 1. The molecule has 13 heteroatoms. The van der Waals surface area contributed by atoms with Crippen molar-refractivity contribution in [3.8, 4) is 50.4 Å². The van der Waals surface area contributed by atoms with Crippen LogP contribution in [0.4, 0.5) is 11.4 Å². The van der Waals surface area contributed by atoms with E-state index >= 15 is 0 Å². The summed E-state index contributed by atoms with van der Waals surface area (Å²) < 4.78 is 22.1. The number of nitrogens with zero attached hydrogens (tertiary/aromatic N) is 3. The van der Waals surface area contributed by atoms with Gasteiger partial charge in [0.05, 0.1) is 26.3 Å². The highest BCUT2D eigenvalue weighted by Gasteiger charge is 2.19. The number of methoxy groups -OCH3 is 3. The lowest BCUT2D eigenvalue weighted by atomic mass is 10.1. The summed E-state index contributed by atoms with van der Waals surface area (Å²) in [5.74, 6) is 1.62. The minimum atomic E-state index is -0.498. The molecule has 2 N–H and O–H groups in total. The highest BCUT2D eigenvalue weighted by Crippen LogP contribution is 2.42. The van der Waals surface area contributed by atoms with Gasteiger partial charge >= 0.3 is 0 Å². The van der Waals surface area contributed by atoms with Crippen molar-refractivity contribution in [2.24, 2.45) is 0 Å². The first-order valence-electron chi connectivity index (χ1n) is 12.8. The normalized spacial score (nSPS) is 11.0. The summed E-state index contributed by atoms with van der Waals surface area (Å²) >= 11 is 1.33. The second-order valence-electron chi connectivity index (χ2n) is 9.25. The quantitative estimate of drug-likeness (QED) is 0.135. The molecular formula is C30H23N5O7S. The fourth-order valence-electron chi connectivity index (χ4n) is 4.60. The fraction of sp³-hybridized carbons (Fsp3) is 0.100. The van der Waals surface area contributed by atoms with E-state index in [0.29, 0.717) is 39.4 Å². The molecule has 6 rings (SSSR count). The Kier molecular flexibility index (Phi) is 7.22. The molecule has 43 heavy (non-hydrogen) atoms. The van der Waals surface area contributed by atoms with E-state index in [1.54, 1.807) is 38.8 Å². The van der Waals surface area contributed by atoms with Crippen molar-refractivity contribution >= 4 is 39.5 Å². The van der Waals surface area contributed by atoms with Gasteiger partial charge < -0.3 is 29.0 Å². The van der Waals surface area contributed by atoms with Gasteiger partial charge in [0, 0.05) is 63.1 Å². The van der Waals surface area contributed by atoms with Crippen LogP contribution >= 0.6 is 11.3 Å². The van der Waals surface area contributed by atoms with Crippen molar-refractivity contribution in [1.82, 2.24) is 15.1 Å². The van der Waals surface area contributed by atoms with Crippen molar-refractivity contribution in [3.63, 3.8) is 0 Å². The maximum atomic E-state index is 12.8. The molecule has 0 atom stereocenters. The third kappa shape index (κ3) is 5.24. The summed E-state index contributed by atoms with van der Waals surface area (Å²) in [6, 6.07) is 16.9. The number of non-ortho nitro benzene ring substituents is 1. The van der Waals surface area contributed by atoms with Crippen LogP contribution in [0.5, 0.6) is 17.2 Å². The molecule has 3 aromatic carbocycles. The number of aromatic amines is 1. The van der Waals surface area contributed by atoms with Crippen molar-refractivity contribution < 1.29 is 28.5 Å². The Labute approximate surface area is 248 Å². The van der Waals surface area contributed by atoms with Gasteiger partial charge in [0.1, 0.15) is 16.4 Å². The topological polar surface area (TPSA) is 155 Å². The van der Waals surface area contributed by atoms with Gasteiger partial charge in [-0.1, -0.05) is 5.16 Å². The van der Waals surface area contributed by atoms with E-state index < -0.39 is 10.8 Å². The van der Waals surface area contributed by atoms with Crippen LogP contribution in [-0.2, 0) is 0 Å². The highest BCUT2D eigenvalue weighted by molar-refractivity contribution is 7.13. The maximum absolute atomic E-state index is 12.8. The van der Waals surface area contributed by atoms with E-state index in [2.05, 4.69) is 20.4 Å². The number of thiazole rings is 1. The number of nitrogens with one attached hydrogen (secondary N) is 2. The van der Waals surface area contributed by atoms with Crippen LogP contribution in [0.1, 0.15) is 10.5 Å². The van der Waals surface area contributed by atoms with E-state index in [1.165, 1.54) is 35.6 Å². The Bertz CT molecular complexity index is 1950. The van der Waals surface area contributed by atoms with Crippen LogP contribution in [0.15, 0.2) is 76.8 Å². The number of benzene rings is 3. The average Bonchev–Trinajstić information content (AvgIpc) is 3.80. The zero-order chi connectivity index (χ0) is 30.1. The lowest BCUT2D eigenvalue weighted by Gasteiger charge is -2.13. The number of nitro benzene ring substituents is 1. The molecule has 3 heterocycles. The van der Waals surface area contributed by atoms with Gasteiger partial charge in [0.2, 0.25) is 5.75 Å². The lowest BCUT2D eigenvalue weighted by Crippen LogP contribution is -2.12. The standard InChI is InChI=1S/C30H23N5O7S/c1-39-26-11-17(12-27(40-2)28(26)41-3)23-13-25(42-34-23)21-14-31-22-9-4-16(10-20(21)22)30-33-24(15-43-30)29(36)32-18-5-7-19(8-6-18)35(37)38/h4-15,31H,1-3H3,(H,32,36). The molecule has 12 nitrogen and oxygen atoms in total. The Hall–Kier alpha value is -5.69. The van der Waals surface area contributed by atoms with Crippen molar-refractivity contribution in [2.45, 2.75) is 0 Å². The third-order valence-electron chi connectivity index (χ3n) is 6.74. The molecule has 0 saturated heterocycles. The molecule has 0 aliphatic rings. The van der Waals surface area contributed by atoms with Crippen LogP contribution < -0.4 is 19.5 Å². The molecule has 1 amide bonds. The second-order valence-corrected chi connectivity index (χ2v) is 10.1. The molecule has 3 aromatic heterocycles. The van der Waals surface area contributed by atoms with Gasteiger partial charge in [-0.15, -0.1) is 11.3 Å². The van der Waals surface area contributed by atoms with E-state index in [4.69, 9.17) is 18.7 Å². The predicted octanol–water partition coefficient (Wildman–Crippen LogP) is 6.80. The van der Waals surface area contributed by atoms with Gasteiger partial charge in [-0.25, -0.2) is 4.98 Å². The number of rotatable bonds is 9. The fourth-order valence-corrected chi connectivity index (χ4v) is 5.39. The highest BCUT2D eigenvalue weighted by atomic mass is 32.1. The summed E-state index contributed by atoms with van der Waals surface area (Å²) in [7, 11) is 4.65. The zero-order valence-corrected chi connectivity index (χ0v) is 23.9. The first-order valence-corrected chi connectivity index (χ1v) is 13.7. The summed E-state index contributed by atoms with van der Waals surface area (Å²) in [4.78, 5) is 30.9. The molecule has 0 aliphatic carbocycles. The number of carbonyl (C=O) groups is 1. The summed E-state index contributed by atoms with van der Waals surface area (Å²) in [5, 5.41) is 21.1. The molecule has 0 unspecified atom stereocenters. The van der Waals surface area contributed by atoms with Crippen molar-refractivity contribution in [1.29, 1.82) is 0 Å². The minimum Gasteiger partial charge on any atom is -0.493 e. The number of ether oxygens (including phenoxy) is 3. The van der Waals surface area contributed by atoms with E-state index in [0.717, 1.165) is 27.6 Å². The lowest BCUT2D eigenvalue weighted by molar-refractivity contribution is -0.384. The van der Waals surface area contributed by atoms with Crippen molar-refractivity contribution in [2.75, 3.05) is 26.6 Å². The van der Waals surface area contributed by atoms with Crippen LogP contribution in [0.25, 0.3) is 44.1 Å². The monoisotopic (exact) mass is 597 g/mol. The number of amides is 1. The predicted molar refractivity (Wildman–Crippen MR) is 161 cm³/mol. The molecular weight excluding hydrogens is 574 g/mol. The molecule has 0 radical (unpaired) electrons. The zero-order valence-electron chi connectivity index (χ0n) is 23.0. The minimum absolute atomic E-state index is 0.0591. The first-order chi connectivity index (χ1) is 20.9. The summed E-state index contributed by atoms with van der Waals surface area (Å²) in [6.45, 7) is 0. The average molecular weight is 598 g/mol. The third-order valence-corrected chi connectivity index (χ3v) is 7.63. The Morgan fingerprint density at radius 1 is 0.977 bits per heavy atom. The summed E-state index contributed by atoms with van der Waals surface area (Å²) in [6.07, 6.45) is 1.85. The number of anilines is 1. The molecule has 0 aliphatic heterocycles. The number of H-pyrrole nitrogens is 1. The Morgan fingerprint density at radius 2 is 1.72 bits per heavy atom. The van der Waals surface area contributed by atoms with Crippen LogP contribution in [0, 0.1) is 10.1 Å². The van der Waals surface area contributed by atoms with E-state index in [9.17, 15) is 14.9 Å². The summed E-state index contributed by atoms with van der Waals surface area (Å²) in [5.41, 5.74) is 4.43. The molecule has 216 valence electrons. The van der Waals surface area contributed by atoms with Gasteiger partial charge in [-0.05, 0) is 42.5 Å². The number of nitro groups is 1. The van der Waals surface area contributed by atoms with Crippen LogP contribution in [0.3, 0.4) is 0 Å². The molecule has 0 spiro atoms. The number of carbonyl (C=O) groups excluding carboxylic acids is 1. The molecule has 6 aromatic rings. The second kappa shape index (κ2) is 11.3. The molecule has 0 saturated carbocycles. The SMILES string of the molecule is COc1cc(-c2cc(-c3c[nH]c4ccc(-c5nc(C(=O)Nc6ccc([N+](=O)[O-])cc6)cs5)cc34)on2)cc(OC)c1OC. The molecule has 0 bridgehead atoms. The maximum Gasteiger partial charge on any atom is 0.275 e. The van der Waals surface area contributed by atoms with Gasteiger partial charge in [-0.3, -0.25) is 14.9 Å². The van der Waals surface area contributed by atoms with Gasteiger partial charge in [0.25, 0.3) is 11.6 Å². The van der Waals surface area contributed by atoms with Gasteiger partial charge in [0.15, 0.2) is 17.3 Å². The van der Waals surface area contributed by atoms with Crippen LogP contribution in [0.2, 0.25) is 0 Å². The van der Waals surface area contributed by atoms with Crippen LogP contribution in [-0.4, -0.2) is 47.3 Å². The largest absolute Gasteiger partial charge is 0.493 e. The number of aromatic nitrogens is 3. The van der Waals surface area contributed by atoms with E-state index in [-0.39, 0.29) is 11.4 Å². The Balaban J connectivity index is 1.26. The Morgan fingerprint density at radius 3 is 2.40 bits per heavy atom. The first kappa shape index (κ1) is 27.5.